The van der Waals surface area contributed by atoms with E-state index in [2.05, 4.69) is 30.3 Å². The van der Waals surface area contributed by atoms with Crippen LogP contribution in [0.4, 0.5) is 5.82 Å². The Kier molecular flexibility index (Phi) is 4.22. The van der Waals surface area contributed by atoms with Gasteiger partial charge in [0.25, 0.3) is 6.04 Å². The Labute approximate surface area is 153 Å². The maximum absolute atomic E-state index is 11.7. The number of hydrogen-bond donors (Lipinski definition) is 1. The second-order valence-corrected chi connectivity index (χ2v) is 5.83. The smallest absolute Gasteiger partial charge is 0.330 e. The summed E-state index contributed by atoms with van der Waals surface area (Å²) in [5, 5.41) is 14.8. The van der Waals surface area contributed by atoms with E-state index in [1.807, 2.05) is 12.1 Å². The fourth-order valence-corrected chi connectivity index (χ4v) is 3.18. The lowest BCUT2D eigenvalue weighted by molar-refractivity contribution is -0.137. The van der Waals surface area contributed by atoms with Crippen LogP contribution in [0.15, 0.2) is 46.2 Å². The van der Waals surface area contributed by atoms with Crippen LogP contribution in [-0.2, 0) is 9.53 Å². The van der Waals surface area contributed by atoms with Gasteiger partial charge >= 0.3 is 5.97 Å². The van der Waals surface area contributed by atoms with E-state index in [1.54, 1.807) is 19.2 Å². The minimum Gasteiger partial charge on any atom is -0.463 e. The van der Waals surface area contributed by atoms with Gasteiger partial charge in [0.05, 0.1) is 18.7 Å². The number of hydrogen-bond acceptors (Lipinski definition) is 7. The summed E-state index contributed by atoms with van der Waals surface area (Å²) in [6, 6.07) is 4.84. The molecule has 2 atom stereocenters. The Morgan fingerprint density at radius 2 is 2.30 bits per heavy atom. The molecule has 2 unspecified atom stereocenters. The van der Waals surface area contributed by atoms with Crippen molar-refractivity contribution in [2.45, 2.75) is 18.9 Å². The van der Waals surface area contributed by atoms with Gasteiger partial charge in [-0.25, -0.2) is 21.0 Å². The molecule has 0 saturated carbocycles. The molecule has 1 aliphatic heterocycles. The number of H-pyrrole nitrogens is 1. The highest BCUT2D eigenvalue weighted by Crippen LogP contribution is 2.41. The molecule has 0 radical (unpaired) electrons. The number of nitrogens with zero attached hydrogens (tertiary/aromatic N) is 5. The molecule has 0 aliphatic carbocycles. The van der Waals surface area contributed by atoms with Gasteiger partial charge in [0.2, 0.25) is 0 Å². The van der Waals surface area contributed by atoms with Crippen LogP contribution in [0.2, 0.25) is 0 Å². The molecule has 134 valence electrons. The Morgan fingerprint density at radius 1 is 1.41 bits per heavy atom. The number of carbonyl (C=O) groups excluding carboxylic acids is 1. The van der Waals surface area contributed by atoms with Crippen molar-refractivity contribution in [3.8, 4) is 0 Å². The summed E-state index contributed by atoms with van der Waals surface area (Å²) in [6.07, 6.45) is 4.44. The van der Waals surface area contributed by atoms with Crippen LogP contribution < -0.4 is 0 Å². The van der Waals surface area contributed by atoms with E-state index in [-0.39, 0.29) is 12.5 Å². The van der Waals surface area contributed by atoms with E-state index in [0.29, 0.717) is 22.6 Å². The van der Waals surface area contributed by atoms with Crippen molar-refractivity contribution >= 4 is 28.5 Å². The predicted octanol–water partition coefficient (Wildman–Crippen LogP) is 2.57. The summed E-state index contributed by atoms with van der Waals surface area (Å²) in [7, 11) is 0. The van der Waals surface area contributed by atoms with Crippen LogP contribution in [0.1, 0.15) is 24.0 Å². The quantitative estimate of drug-likeness (QED) is 0.434. The first-order chi connectivity index (χ1) is 13.2. The molecular weight excluding hydrogens is 348 g/mol. The Balaban J connectivity index is 1.83. The third kappa shape index (κ3) is 2.87. The van der Waals surface area contributed by atoms with Crippen LogP contribution in [0.3, 0.4) is 0 Å². The number of aromatic nitrogens is 4. The largest absolute Gasteiger partial charge is 0.463 e. The Bertz CT molecular complexity index is 1100. The molecule has 27 heavy (non-hydrogen) atoms. The molecule has 2 aromatic heterocycles. The molecule has 3 aromatic rings. The molecule has 1 aromatic carbocycles. The number of benzene rings is 1. The highest BCUT2D eigenvalue weighted by Gasteiger charge is 2.40. The van der Waals surface area contributed by atoms with Gasteiger partial charge < -0.3 is 9.58 Å². The van der Waals surface area contributed by atoms with Crippen molar-refractivity contribution in [1.82, 2.24) is 20.5 Å². The van der Waals surface area contributed by atoms with E-state index in [0.717, 1.165) is 11.1 Å². The first kappa shape index (κ1) is 16.7. The maximum Gasteiger partial charge on any atom is 0.330 e. The van der Waals surface area contributed by atoms with Crippen LogP contribution >= 0.6 is 0 Å². The van der Waals surface area contributed by atoms with Gasteiger partial charge in [-0.1, -0.05) is 12.1 Å². The van der Waals surface area contributed by atoms with E-state index >= 15 is 0 Å². The normalized spacial score (nSPS) is 18.9. The van der Waals surface area contributed by atoms with Gasteiger partial charge in [0.1, 0.15) is 16.7 Å². The minimum atomic E-state index is -0.664. The van der Waals surface area contributed by atoms with Crippen molar-refractivity contribution in [1.29, 1.82) is 0 Å². The highest BCUT2D eigenvalue weighted by molar-refractivity contribution is 6.07. The van der Waals surface area contributed by atoms with Gasteiger partial charge in [-0.05, 0) is 34.9 Å². The van der Waals surface area contributed by atoms with Crippen LogP contribution in [-0.4, -0.2) is 44.8 Å². The van der Waals surface area contributed by atoms with Gasteiger partial charge in [0.15, 0.2) is 5.82 Å². The van der Waals surface area contributed by atoms with E-state index in [4.69, 9.17) is 15.9 Å². The van der Waals surface area contributed by atoms with Gasteiger partial charge in [-0.2, -0.15) is 5.10 Å². The lowest BCUT2D eigenvalue weighted by atomic mass is 9.81. The lowest BCUT2D eigenvalue weighted by Crippen LogP contribution is -2.28. The average Bonchev–Trinajstić information content (AvgIpc) is 3.34. The van der Waals surface area contributed by atoms with E-state index in [9.17, 15) is 4.79 Å². The SMILES string of the molecule is [C-]#[N+]C1C(C=CC(=O)OCC)=Nc2[nH]ncc2C1c1cccc2nonc12. The fourth-order valence-electron chi connectivity index (χ4n) is 3.18. The summed E-state index contributed by atoms with van der Waals surface area (Å²) in [5.41, 5.74) is 3.19. The zero-order valence-electron chi connectivity index (χ0n) is 14.3. The van der Waals surface area contributed by atoms with Crippen LogP contribution in [0, 0.1) is 6.57 Å². The van der Waals surface area contributed by atoms with Crippen molar-refractivity contribution < 1.29 is 14.2 Å². The second kappa shape index (κ2) is 6.84. The first-order valence-electron chi connectivity index (χ1n) is 8.27. The number of rotatable bonds is 4. The number of nitrogens with one attached hydrogen (secondary N) is 1. The van der Waals surface area contributed by atoms with Crippen molar-refractivity contribution in [2.75, 3.05) is 6.61 Å². The van der Waals surface area contributed by atoms with Gasteiger partial charge in [-0.15, -0.1) is 0 Å². The molecule has 4 rings (SSSR count). The summed E-state index contributed by atoms with van der Waals surface area (Å²) >= 11 is 0. The summed E-state index contributed by atoms with van der Waals surface area (Å²) < 4.78 is 9.77. The van der Waals surface area contributed by atoms with E-state index in [1.165, 1.54) is 12.2 Å². The summed E-state index contributed by atoms with van der Waals surface area (Å²) in [4.78, 5) is 19.9. The Morgan fingerprint density at radius 3 is 3.11 bits per heavy atom. The van der Waals surface area contributed by atoms with Crippen LogP contribution in [0.25, 0.3) is 15.9 Å². The molecule has 1 N–H and O–H groups in total. The lowest BCUT2D eigenvalue weighted by Gasteiger charge is -2.22. The Hall–Kier alpha value is -3.80. The molecule has 0 amide bonds. The third-order valence-electron chi connectivity index (χ3n) is 4.31. The molecule has 0 saturated heterocycles. The predicted molar refractivity (Wildman–Crippen MR) is 95.5 cm³/mol. The molecule has 9 heteroatoms. The zero-order valence-corrected chi connectivity index (χ0v) is 14.3. The topological polar surface area (TPSA) is 111 Å². The number of esters is 1. The molecule has 1 aliphatic rings. The molecule has 0 bridgehead atoms. The molecule has 0 fully saturated rings. The molecule has 9 nitrogen and oxygen atoms in total. The van der Waals surface area contributed by atoms with Crippen molar-refractivity contribution in [2.24, 2.45) is 4.99 Å². The molecule has 3 heterocycles. The standard InChI is InChI=1S/C18H14N6O3/c1-3-26-14(25)8-7-12-17(19-2)15(11-9-20-22-18(11)21-12)10-5-4-6-13-16(10)24-27-23-13/h4-9,15,17H,3H2,1H3,(H,20,22). The molecular formula is C18H14N6O3. The zero-order chi connectivity index (χ0) is 18.8. The number of aliphatic imine (C=N–C) groups is 1. The number of ether oxygens (including phenoxy) is 1. The summed E-state index contributed by atoms with van der Waals surface area (Å²) in [6.45, 7) is 9.75. The average molecular weight is 362 g/mol. The monoisotopic (exact) mass is 362 g/mol. The van der Waals surface area contributed by atoms with Gasteiger partial charge in [0, 0.05) is 11.6 Å². The second-order valence-electron chi connectivity index (χ2n) is 5.83. The third-order valence-corrected chi connectivity index (χ3v) is 4.31. The van der Waals surface area contributed by atoms with Crippen LogP contribution in [0.5, 0.6) is 0 Å². The minimum absolute atomic E-state index is 0.274. The van der Waals surface area contributed by atoms with E-state index < -0.39 is 12.0 Å². The summed E-state index contributed by atoms with van der Waals surface area (Å²) in [5.74, 6) is -0.332. The first-order valence-corrected chi connectivity index (χ1v) is 8.27. The number of fused-ring (bicyclic) bond motifs is 2. The van der Waals surface area contributed by atoms with Crippen molar-refractivity contribution in [3.63, 3.8) is 0 Å². The fraction of sp³-hybridized carbons (Fsp3) is 0.222. The number of carbonyl (C=O) groups is 1. The molecule has 0 spiro atoms. The highest BCUT2D eigenvalue weighted by atomic mass is 16.6. The van der Waals surface area contributed by atoms with Gasteiger partial charge in [-0.3, -0.25) is 5.10 Å². The maximum atomic E-state index is 11.7. The van der Waals surface area contributed by atoms with Crippen molar-refractivity contribution in [3.05, 3.63) is 59.1 Å². The number of aromatic amines is 1.